The summed E-state index contributed by atoms with van der Waals surface area (Å²) in [6.07, 6.45) is 0.356. The molecule has 0 saturated carbocycles. The van der Waals surface area contributed by atoms with Gasteiger partial charge in [0.2, 0.25) is 0 Å². The fourth-order valence-corrected chi connectivity index (χ4v) is 5.36. The molecule has 0 atom stereocenters. The molecule has 0 saturated heterocycles. The second kappa shape index (κ2) is 10.9. The van der Waals surface area contributed by atoms with Crippen molar-refractivity contribution in [2.75, 3.05) is 0 Å². The van der Waals surface area contributed by atoms with Gasteiger partial charge < -0.3 is 10.4 Å². The molecule has 1 aromatic heterocycles. The fraction of sp³-hybridized carbons (Fsp3) is 0.0625. The van der Waals surface area contributed by atoms with E-state index >= 15 is 0 Å². The van der Waals surface area contributed by atoms with Crippen LogP contribution in [-0.2, 0) is 12.8 Å². The lowest BCUT2D eigenvalue weighted by molar-refractivity contribution is 0.318. The summed E-state index contributed by atoms with van der Waals surface area (Å²) in [7, 11) is 0. The molecule has 6 nitrogen and oxygen atoms in total. The van der Waals surface area contributed by atoms with E-state index in [4.69, 9.17) is 33.2 Å². The number of halogens is 2. The van der Waals surface area contributed by atoms with Crippen molar-refractivity contribution in [1.82, 2.24) is 9.97 Å². The Morgan fingerprint density at radius 3 is 1.40 bits per heavy atom. The van der Waals surface area contributed by atoms with Crippen LogP contribution in [0.2, 0.25) is 10.0 Å². The highest BCUT2D eigenvalue weighted by molar-refractivity contribution is 6.42. The molecule has 5 aromatic carbocycles. The highest BCUT2D eigenvalue weighted by atomic mass is 35.5. The lowest BCUT2D eigenvalue weighted by Crippen LogP contribution is -2.15. The molecule has 1 heterocycles. The number of benzene rings is 5. The van der Waals surface area contributed by atoms with Crippen LogP contribution in [0.1, 0.15) is 22.5 Å². The largest absolute Gasteiger partial charge is 0.411 e. The zero-order chi connectivity index (χ0) is 27.6. The van der Waals surface area contributed by atoms with Gasteiger partial charge in [-0.15, -0.1) is 0 Å². The SMILES string of the molecule is O/N=C(/Cc1nc2cc(Cl)c(Cl)cc2nc1C/C(=N/O)c1cccc2ccccc12)c1cccc2ccccc12. The number of hydrogen-bond acceptors (Lipinski definition) is 6. The summed E-state index contributed by atoms with van der Waals surface area (Å²) in [5.74, 6) is 0. The molecule has 0 radical (unpaired) electrons. The number of fused-ring (bicyclic) bond motifs is 3. The first-order valence-electron chi connectivity index (χ1n) is 12.6. The predicted octanol–water partition coefficient (Wildman–Crippen LogP) is 8.09. The number of aromatic nitrogens is 2. The third-order valence-corrected chi connectivity index (χ3v) is 7.70. The van der Waals surface area contributed by atoms with Gasteiger partial charge in [-0.05, 0) is 33.7 Å². The summed E-state index contributed by atoms with van der Waals surface area (Å²) in [5.41, 5.74) is 4.66. The molecule has 0 aliphatic heterocycles. The summed E-state index contributed by atoms with van der Waals surface area (Å²) in [5, 5.41) is 32.3. The Balaban J connectivity index is 1.48. The molecule has 0 spiro atoms. The van der Waals surface area contributed by atoms with Crippen molar-refractivity contribution < 1.29 is 10.4 Å². The Kier molecular flexibility index (Phi) is 7.03. The van der Waals surface area contributed by atoms with E-state index in [0.29, 0.717) is 43.9 Å². The summed E-state index contributed by atoms with van der Waals surface area (Å²) < 4.78 is 0. The van der Waals surface area contributed by atoms with Crippen molar-refractivity contribution in [1.29, 1.82) is 0 Å². The third-order valence-electron chi connectivity index (χ3n) is 6.97. The van der Waals surface area contributed by atoms with Crippen LogP contribution >= 0.6 is 23.2 Å². The normalized spacial score (nSPS) is 12.4. The topological polar surface area (TPSA) is 91.0 Å². The smallest absolute Gasteiger partial charge is 0.0934 e. The van der Waals surface area contributed by atoms with Gasteiger partial charge in [0, 0.05) is 24.0 Å². The van der Waals surface area contributed by atoms with Crippen molar-refractivity contribution in [3.05, 3.63) is 130 Å². The molecule has 2 N–H and O–H groups in total. The van der Waals surface area contributed by atoms with E-state index < -0.39 is 0 Å². The van der Waals surface area contributed by atoms with E-state index in [9.17, 15) is 10.4 Å². The average molecular weight is 565 g/mol. The summed E-state index contributed by atoms with van der Waals surface area (Å²) in [6.45, 7) is 0. The molecule has 0 fully saturated rings. The van der Waals surface area contributed by atoms with E-state index in [1.54, 1.807) is 12.1 Å². The van der Waals surface area contributed by atoms with E-state index in [0.717, 1.165) is 32.7 Å². The molecule has 6 rings (SSSR count). The van der Waals surface area contributed by atoms with Crippen LogP contribution in [0, 0.1) is 0 Å². The molecule has 0 aliphatic rings. The highest BCUT2D eigenvalue weighted by Gasteiger charge is 2.19. The molecular formula is C32H22Cl2N4O2. The first kappa shape index (κ1) is 25.7. The van der Waals surface area contributed by atoms with Gasteiger partial charge in [-0.3, -0.25) is 0 Å². The molecular weight excluding hydrogens is 543 g/mol. The Morgan fingerprint density at radius 2 is 0.975 bits per heavy atom. The highest BCUT2D eigenvalue weighted by Crippen LogP contribution is 2.29. The zero-order valence-corrected chi connectivity index (χ0v) is 22.6. The Bertz CT molecular complexity index is 1820. The Hall–Kier alpha value is -4.52. The molecule has 0 aliphatic carbocycles. The zero-order valence-electron chi connectivity index (χ0n) is 21.1. The van der Waals surface area contributed by atoms with Gasteiger partial charge >= 0.3 is 0 Å². The van der Waals surface area contributed by atoms with E-state index in [2.05, 4.69) is 10.3 Å². The van der Waals surface area contributed by atoms with Crippen molar-refractivity contribution in [3.8, 4) is 0 Å². The van der Waals surface area contributed by atoms with Crippen LogP contribution in [0.5, 0.6) is 0 Å². The minimum absolute atomic E-state index is 0.178. The lowest BCUT2D eigenvalue weighted by Gasteiger charge is -2.14. The van der Waals surface area contributed by atoms with Gasteiger partial charge in [0.25, 0.3) is 0 Å². The van der Waals surface area contributed by atoms with Crippen molar-refractivity contribution in [3.63, 3.8) is 0 Å². The molecule has 196 valence electrons. The van der Waals surface area contributed by atoms with Gasteiger partial charge in [0.1, 0.15) is 0 Å². The fourth-order valence-electron chi connectivity index (χ4n) is 5.05. The maximum atomic E-state index is 10.1. The van der Waals surface area contributed by atoms with E-state index in [-0.39, 0.29) is 12.8 Å². The van der Waals surface area contributed by atoms with Crippen LogP contribution in [0.4, 0.5) is 0 Å². The molecule has 40 heavy (non-hydrogen) atoms. The first-order chi connectivity index (χ1) is 19.6. The maximum absolute atomic E-state index is 10.1. The maximum Gasteiger partial charge on any atom is 0.0934 e. The lowest BCUT2D eigenvalue weighted by atomic mass is 9.95. The van der Waals surface area contributed by atoms with Crippen LogP contribution in [0.15, 0.2) is 107 Å². The second-order valence-corrected chi connectivity index (χ2v) is 10.2. The van der Waals surface area contributed by atoms with Crippen LogP contribution in [0.3, 0.4) is 0 Å². The summed E-state index contributed by atoms with van der Waals surface area (Å²) in [6, 6.07) is 30.8. The summed E-state index contributed by atoms with van der Waals surface area (Å²) >= 11 is 12.6. The minimum Gasteiger partial charge on any atom is -0.411 e. The third kappa shape index (κ3) is 4.83. The predicted molar refractivity (Wildman–Crippen MR) is 162 cm³/mol. The van der Waals surface area contributed by atoms with Crippen molar-refractivity contribution >= 4 is 67.2 Å². The number of oxime groups is 2. The monoisotopic (exact) mass is 564 g/mol. The van der Waals surface area contributed by atoms with Crippen molar-refractivity contribution in [2.24, 2.45) is 10.3 Å². The van der Waals surface area contributed by atoms with Crippen LogP contribution < -0.4 is 0 Å². The molecule has 6 aromatic rings. The number of hydrogen-bond donors (Lipinski definition) is 2. The van der Waals surface area contributed by atoms with Gasteiger partial charge in [-0.25, -0.2) is 9.97 Å². The minimum atomic E-state index is 0.178. The molecule has 0 amide bonds. The van der Waals surface area contributed by atoms with Crippen LogP contribution in [0.25, 0.3) is 32.6 Å². The molecule has 0 unspecified atom stereocenters. The van der Waals surface area contributed by atoms with Gasteiger partial charge in [-0.2, -0.15) is 0 Å². The number of rotatable bonds is 6. The van der Waals surface area contributed by atoms with Gasteiger partial charge in [-0.1, -0.05) is 118 Å². The molecule has 8 heteroatoms. The first-order valence-corrected chi connectivity index (χ1v) is 13.3. The van der Waals surface area contributed by atoms with Crippen molar-refractivity contribution in [2.45, 2.75) is 12.8 Å². The van der Waals surface area contributed by atoms with Gasteiger partial charge in [0.05, 0.1) is 43.9 Å². The number of nitrogens with zero attached hydrogens (tertiary/aromatic N) is 4. The Morgan fingerprint density at radius 1 is 0.575 bits per heavy atom. The standard InChI is InChI=1S/C32H22Cl2N4O2/c33-25-15-29-30(16-26(25)34)36-32(18-28(38-40)24-14-6-10-20-8-2-4-12-22(20)24)31(35-29)17-27(37-39)23-13-5-9-19-7-1-3-11-21(19)23/h1-16,39-40H,17-18H2/b37-27-,38-28-. The van der Waals surface area contributed by atoms with E-state index in [1.165, 1.54) is 0 Å². The van der Waals surface area contributed by atoms with Crippen LogP contribution in [-0.4, -0.2) is 31.8 Å². The van der Waals surface area contributed by atoms with Gasteiger partial charge in [0.15, 0.2) is 0 Å². The molecule has 0 bridgehead atoms. The summed E-state index contributed by atoms with van der Waals surface area (Å²) in [4.78, 5) is 9.76. The van der Waals surface area contributed by atoms with E-state index in [1.807, 2.05) is 84.9 Å². The second-order valence-electron chi connectivity index (χ2n) is 9.37. The Labute approximate surface area is 239 Å². The average Bonchev–Trinajstić information content (AvgIpc) is 2.99. The quantitative estimate of drug-likeness (QED) is 0.121.